The van der Waals surface area contributed by atoms with Crippen molar-refractivity contribution in [3.8, 4) is 0 Å². The average Bonchev–Trinajstić information content (AvgIpc) is 3.14. The van der Waals surface area contributed by atoms with E-state index in [1.807, 2.05) is 83.7 Å². The lowest BCUT2D eigenvalue weighted by molar-refractivity contribution is -0.286. The van der Waals surface area contributed by atoms with E-state index < -0.39 is 22.8 Å². The summed E-state index contributed by atoms with van der Waals surface area (Å²) >= 11 is 0. The van der Waals surface area contributed by atoms with Gasteiger partial charge in [0.25, 0.3) is 0 Å². The quantitative estimate of drug-likeness (QED) is 0.333. The Balaban J connectivity index is 2.26. The van der Waals surface area contributed by atoms with Gasteiger partial charge in [-0.15, -0.1) is 0 Å². The first-order valence-corrected chi connectivity index (χ1v) is 11.0. The first-order chi connectivity index (χ1) is 14.4. The molecule has 0 radical (unpaired) electrons. The van der Waals surface area contributed by atoms with Crippen LogP contribution in [-0.4, -0.2) is 58.4 Å². The van der Waals surface area contributed by atoms with Crippen LogP contribution in [0.2, 0.25) is 0 Å². The Kier molecular flexibility index (Phi) is 8.25. The van der Waals surface area contributed by atoms with E-state index in [1.165, 1.54) is 0 Å². The predicted molar refractivity (Wildman–Crippen MR) is 119 cm³/mol. The molecule has 174 valence electrons. The van der Waals surface area contributed by atoms with Crippen molar-refractivity contribution in [2.75, 3.05) is 13.1 Å². The molecule has 31 heavy (non-hydrogen) atoms. The number of nitrogens with zero attached hydrogens (tertiary/aromatic N) is 2. The molecule has 0 saturated carbocycles. The number of amides is 1. The highest BCUT2D eigenvalue weighted by molar-refractivity contribution is 5.82. The van der Waals surface area contributed by atoms with Gasteiger partial charge in [-0.25, -0.2) is 4.79 Å². The summed E-state index contributed by atoms with van der Waals surface area (Å²) in [5, 5.41) is 1.14. The smallest absolute Gasteiger partial charge is 0.350 e. The average molecular weight is 435 g/mol. The lowest BCUT2D eigenvalue weighted by atomic mass is 10.0. The third kappa shape index (κ3) is 6.76. The maximum Gasteiger partial charge on any atom is 0.350 e. The van der Waals surface area contributed by atoms with Crippen LogP contribution in [0.1, 0.15) is 66.9 Å². The summed E-state index contributed by atoms with van der Waals surface area (Å²) in [5.74, 6) is -0.498. The summed E-state index contributed by atoms with van der Waals surface area (Å²) in [6.07, 6.45) is 1.59. The van der Waals surface area contributed by atoms with E-state index in [2.05, 4.69) is 0 Å². The first kappa shape index (κ1) is 25.3. The molecule has 2 unspecified atom stereocenters. The van der Waals surface area contributed by atoms with Gasteiger partial charge in [-0.1, -0.05) is 37.3 Å². The molecule has 1 saturated heterocycles. The van der Waals surface area contributed by atoms with E-state index in [0.717, 1.165) is 17.0 Å². The number of carbonyl (C=O) groups is 2. The number of likely N-dealkylation sites (tertiary alicyclic amines) is 1. The highest BCUT2D eigenvalue weighted by atomic mass is 16.7. The molecule has 0 aliphatic carbocycles. The number of esters is 1. The van der Waals surface area contributed by atoms with E-state index in [9.17, 15) is 9.59 Å². The molecular weight excluding hydrogens is 396 g/mol. The lowest BCUT2D eigenvalue weighted by Crippen LogP contribution is -2.66. The lowest BCUT2D eigenvalue weighted by Gasteiger charge is -2.46. The van der Waals surface area contributed by atoms with Crippen molar-refractivity contribution in [3.05, 3.63) is 35.9 Å². The van der Waals surface area contributed by atoms with Gasteiger partial charge in [-0.2, -0.15) is 5.06 Å². The molecule has 1 aliphatic heterocycles. The largest absolute Gasteiger partial charge is 0.457 e. The predicted octanol–water partition coefficient (Wildman–Crippen LogP) is 3.91. The van der Waals surface area contributed by atoms with Gasteiger partial charge in [-0.05, 0) is 59.9 Å². The molecule has 0 aromatic heterocycles. The molecule has 7 heteroatoms. The van der Waals surface area contributed by atoms with Gasteiger partial charge in [0, 0.05) is 13.1 Å². The molecule has 1 aromatic rings. The molecule has 7 nitrogen and oxygen atoms in total. The molecule has 1 fully saturated rings. The maximum absolute atomic E-state index is 13.5. The minimum Gasteiger partial charge on any atom is -0.457 e. The minimum atomic E-state index is -1.37. The monoisotopic (exact) mass is 434 g/mol. The molecule has 2 rings (SSSR count). The Morgan fingerprint density at radius 3 is 2.29 bits per heavy atom. The van der Waals surface area contributed by atoms with E-state index in [4.69, 9.17) is 14.3 Å². The number of hydrogen-bond acceptors (Lipinski definition) is 6. The number of hydroxylamine groups is 2. The number of carbonyl (C=O) groups excluding carboxylic acids is 2. The van der Waals surface area contributed by atoms with Crippen LogP contribution in [0.3, 0.4) is 0 Å². The van der Waals surface area contributed by atoms with Crippen LogP contribution >= 0.6 is 0 Å². The highest BCUT2D eigenvalue weighted by Crippen LogP contribution is 2.34. The zero-order chi connectivity index (χ0) is 23.3. The molecule has 0 spiro atoms. The second kappa shape index (κ2) is 10.1. The molecule has 0 N–H and O–H groups in total. The summed E-state index contributed by atoms with van der Waals surface area (Å²) in [4.78, 5) is 33.5. The summed E-state index contributed by atoms with van der Waals surface area (Å²) in [7, 11) is 0. The van der Waals surface area contributed by atoms with Crippen LogP contribution in [0.4, 0.5) is 0 Å². The molecule has 1 amide bonds. The van der Waals surface area contributed by atoms with Gasteiger partial charge >= 0.3 is 5.97 Å². The molecule has 1 aliphatic rings. The fraction of sp³-hybridized carbons (Fsp3) is 0.667. The Bertz CT molecular complexity index is 726. The molecular formula is C24H38N2O5. The van der Waals surface area contributed by atoms with Crippen LogP contribution in [0.25, 0.3) is 0 Å². The van der Waals surface area contributed by atoms with Crippen molar-refractivity contribution in [3.63, 3.8) is 0 Å². The first-order valence-electron chi connectivity index (χ1n) is 11.0. The van der Waals surface area contributed by atoms with Gasteiger partial charge in [0.1, 0.15) is 5.60 Å². The number of rotatable bonds is 9. The van der Waals surface area contributed by atoms with E-state index in [1.54, 1.807) is 0 Å². The second-order valence-electron chi connectivity index (χ2n) is 9.96. The molecule has 2 atom stereocenters. The molecule has 1 aromatic carbocycles. The van der Waals surface area contributed by atoms with Crippen molar-refractivity contribution in [1.82, 2.24) is 9.96 Å². The zero-order valence-electron chi connectivity index (χ0n) is 20.0. The number of benzene rings is 1. The van der Waals surface area contributed by atoms with Crippen molar-refractivity contribution in [2.45, 2.75) is 90.9 Å². The van der Waals surface area contributed by atoms with Gasteiger partial charge in [0.2, 0.25) is 12.1 Å². The number of hydrogen-bond donors (Lipinski definition) is 0. The topological polar surface area (TPSA) is 68.3 Å². The van der Waals surface area contributed by atoms with Gasteiger partial charge < -0.3 is 9.47 Å². The van der Waals surface area contributed by atoms with E-state index in [0.29, 0.717) is 32.5 Å². The second-order valence-corrected chi connectivity index (χ2v) is 9.96. The van der Waals surface area contributed by atoms with Gasteiger partial charge in [0.05, 0.1) is 18.3 Å². The Morgan fingerprint density at radius 2 is 1.77 bits per heavy atom. The van der Waals surface area contributed by atoms with Gasteiger partial charge in [0.15, 0.2) is 0 Å². The van der Waals surface area contributed by atoms with Crippen molar-refractivity contribution < 1.29 is 23.9 Å². The summed E-state index contributed by atoms with van der Waals surface area (Å²) in [6, 6.07) is 9.98. The number of ether oxygens (including phenoxy) is 2. The van der Waals surface area contributed by atoms with Crippen LogP contribution in [0.5, 0.6) is 0 Å². The summed E-state index contributed by atoms with van der Waals surface area (Å²) in [5.41, 5.74) is -1.63. The van der Waals surface area contributed by atoms with Gasteiger partial charge in [-0.3, -0.25) is 14.5 Å². The zero-order valence-corrected chi connectivity index (χ0v) is 20.0. The van der Waals surface area contributed by atoms with Crippen LogP contribution in [0, 0.1) is 0 Å². The molecule has 1 heterocycles. The summed E-state index contributed by atoms with van der Waals surface area (Å²) < 4.78 is 11.9. The summed E-state index contributed by atoms with van der Waals surface area (Å²) in [6.45, 7) is 14.4. The standard InChI is InChI=1S/C24H38N2O5/c1-8-24(21(28)30-22(2,3)4,26(18-27)31-23(5,6)7)25-15-14-20(16-25)29-17-19-12-10-9-11-13-19/h9-13,18,20H,8,14-17H2,1-7H3. The van der Waals surface area contributed by atoms with E-state index in [-0.39, 0.29) is 6.10 Å². The fourth-order valence-corrected chi connectivity index (χ4v) is 3.71. The van der Waals surface area contributed by atoms with Crippen LogP contribution in [0.15, 0.2) is 30.3 Å². The minimum absolute atomic E-state index is 0.0586. The van der Waals surface area contributed by atoms with Crippen molar-refractivity contribution in [1.29, 1.82) is 0 Å². The Morgan fingerprint density at radius 1 is 1.13 bits per heavy atom. The SMILES string of the molecule is CCC(C(=O)OC(C)(C)C)(N1CCC(OCc2ccccc2)C1)N(C=O)OC(C)(C)C. The third-order valence-electron chi connectivity index (χ3n) is 5.05. The molecule has 0 bridgehead atoms. The third-order valence-corrected chi connectivity index (χ3v) is 5.05. The van der Waals surface area contributed by atoms with Crippen LogP contribution < -0.4 is 0 Å². The Labute approximate surface area is 186 Å². The Hall–Kier alpha value is -1.96. The maximum atomic E-state index is 13.5. The normalized spacial score (nSPS) is 19.6. The fourth-order valence-electron chi connectivity index (χ4n) is 3.71. The van der Waals surface area contributed by atoms with Crippen molar-refractivity contribution in [2.24, 2.45) is 0 Å². The highest BCUT2D eigenvalue weighted by Gasteiger charge is 2.54. The van der Waals surface area contributed by atoms with Crippen LogP contribution in [-0.2, 0) is 30.5 Å². The van der Waals surface area contributed by atoms with E-state index >= 15 is 0 Å². The van der Waals surface area contributed by atoms with Crippen molar-refractivity contribution >= 4 is 12.4 Å².